The Balaban J connectivity index is 2.00. The van der Waals surface area contributed by atoms with Gasteiger partial charge in [-0.2, -0.15) is 0 Å². The molecule has 1 aromatic carbocycles. The lowest BCUT2D eigenvalue weighted by molar-refractivity contribution is -0.126. The molecule has 1 fully saturated rings. The molecular formula is C20H30N2O3. The number of carbonyl (C=O) groups excluding carboxylic acids is 2. The van der Waals surface area contributed by atoms with Crippen molar-refractivity contribution < 1.29 is 14.3 Å². The highest BCUT2D eigenvalue weighted by molar-refractivity contribution is 5.90. The molecule has 1 aromatic rings. The number of ether oxygens (including phenoxy) is 1. The maximum atomic E-state index is 12.4. The third-order valence-electron chi connectivity index (χ3n) is 4.75. The zero-order chi connectivity index (χ0) is 18.6. The topological polar surface area (TPSA) is 81.4 Å². The molecule has 5 heteroatoms. The molecule has 1 unspecified atom stereocenters. The fourth-order valence-corrected chi connectivity index (χ4v) is 3.24. The summed E-state index contributed by atoms with van der Waals surface area (Å²) >= 11 is 0. The molecule has 0 saturated heterocycles. The van der Waals surface area contributed by atoms with Gasteiger partial charge in [0.1, 0.15) is 5.60 Å². The van der Waals surface area contributed by atoms with E-state index in [0.29, 0.717) is 23.7 Å². The minimum atomic E-state index is -0.552. The Kier molecular flexibility index (Phi) is 6.09. The van der Waals surface area contributed by atoms with E-state index < -0.39 is 5.60 Å². The van der Waals surface area contributed by atoms with E-state index in [9.17, 15) is 9.59 Å². The van der Waals surface area contributed by atoms with Gasteiger partial charge in [0.25, 0.3) is 0 Å². The van der Waals surface area contributed by atoms with Gasteiger partial charge in [0.05, 0.1) is 5.56 Å². The fraction of sp³-hybridized carbons (Fsp3) is 0.600. The van der Waals surface area contributed by atoms with Crippen LogP contribution in [0.2, 0.25) is 0 Å². The van der Waals surface area contributed by atoms with Crippen LogP contribution >= 0.6 is 0 Å². The van der Waals surface area contributed by atoms with E-state index in [0.717, 1.165) is 18.4 Å². The van der Waals surface area contributed by atoms with Crippen LogP contribution in [-0.2, 0) is 16.1 Å². The van der Waals surface area contributed by atoms with E-state index in [2.05, 4.69) is 5.32 Å². The number of carbonyl (C=O) groups is 2. The van der Waals surface area contributed by atoms with Crippen LogP contribution in [-0.4, -0.2) is 17.5 Å². The molecule has 2 rings (SSSR count). The van der Waals surface area contributed by atoms with Crippen molar-refractivity contribution >= 4 is 17.6 Å². The summed E-state index contributed by atoms with van der Waals surface area (Å²) in [7, 11) is 0. The van der Waals surface area contributed by atoms with Gasteiger partial charge >= 0.3 is 5.97 Å². The summed E-state index contributed by atoms with van der Waals surface area (Å²) in [6, 6.07) is 5.03. The molecule has 1 aliphatic rings. The molecule has 1 saturated carbocycles. The quantitative estimate of drug-likeness (QED) is 0.629. The number of esters is 1. The van der Waals surface area contributed by atoms with Gasteiger partial charge in [-0.1, -0.05) is 19.8 Å². The minimum Gasteiger partial charge on any atom is -0.456 e. The van der Waals surface area contributed by atoms with Crippen LogP contribution in [0, 0.1) is 11.8 Å². The Bertz CT molecular complexity index is 628. The fourth-order valence-electron chi connectivity index (χ4n) is 3.24. The standard InChI is InChI=1S/C20H30N2O3/c1-13(14-7-5-6-8-14)18(23)22-12-16-11-15(9-10-17(16)21)19(24)25-20(2,3)4/h9-11,13-14H,5-8,12,21H2,1-4H3,(H,22,23). The molecule has 0 spiro atoms. The monoisotopic (exact) mass is 346 g/mol. The molecule has 1 atom stereocenters. The van der Waals surface area contributed by atoms with E-state index in [1.807, 2.05) is 27.7 Å². The lowest BCUT2D eigenvalue weighted by Gasteiger charge is -2.20. The van der Waals surface area contributed by atoms with Gasteiger partial charge in [-0.25, -0.2) is 4.79 Å². The summed E-state index contributed by atoms with van der Waals surface area (Å²) in [6.07, 6.45) is 4.69. The molecule has 5 nitrogen and oxygen atoms in total. The second-order valence-corrected chi connectivity index (χ2v) is 7.97. The maximum absolute atomic E-state index is 12.4. The third-order valence-corrected chi connectivity index (χ3v) is 4.75. The number of nitrogens with one attached hydrogen (secondary N) is 1. The van der Waals surface area contributed by atoms with Crippen LogP contribution in [0.1, 0.15) is 69.3 Å². The summed E-state index contributed by atoms with van der Waals surface area (Å²) in [6.45, 7) is 7.79. The van der Waals surface area contributed by atoms with Gasteiger partial charge < -0.3 is 15.8 Å². The number of nitrogen functional groups attached to an aromatic ring is 1. The van der Waals surface area contributed by atoms with Crippen molar-refractivity contribution in [1.29, 1.82) is 0 Å². The number of nitrogens with two attached hydrogens (primary N) is 1. The van der Waals surface area contributed by atoms with Gasteiger partial charge in [-0.15, -0.1) is 0 Å². The second-order valence-electron chi connectivity index (χ2n) is 7.97. The highest BCUT2D eigenvalue weighted by Gasteiger charge is 2.26. The normalized spacial score (nSPS) is 16.5. The van der Waals surface area contributed by atoms with Crippen LogP contribution < -0.4 is 11.1 Å². The molecule has 1 aliphatic carbocycles. The number of hydrogen-bond donors (Lipinski definition) is 2. The average Bonchev–Trinajstić information content (AvgIpc) is 3.05. The Morgan fingerprint density at radius 1 is 1.28 bits per heavy atom. The van der Waals surface area contributed by atoms with Gasteiger partial charge in [-0.3, -0.25) is 4.79 Å². The smallest absolute Gasteiger partial charge is 0.338 e. The lowest BCUT2D eigenvalue weighted by atomic mass is 9.92. The molecule has 0 aromatic heterocycles. The summed E-state index contributed by atoms with van der Waals surface area (Å²) in [5.74, 6) is 0.150. The van der Waals surface area contributed by atoms with E-state index in [4.69, 9.17) is 10.5 Å². The molecule has 1 amide bonds. The highest BCUT2D eigenvalue weighted by atomic mass is 16.6. The van der Waals surface area contributed by atoms with E-state index in [1.54, 1.807) is 18.2 Å². The molecule has 0 heterocycles. The first kappa shape index (κ1) is 19.3. The summed E-state index contributed by atoms with van der Waals surface area (Å²) < 4.78 is 5.38. The second kappa shape index (κ2) is 7.89. The van der Waals surface area contributed by atoms with E-state index in [-0.39, 0.29) is 17.8 Å². The van der Waals surface area contributed by atoms with Gasteiger partial charge in [0.15, 0.2) is 0 Å². The molecule has 25 heavy (non-hydrogen) atoms. The minimum absolute atomic E-state index is 0.0118. The summed E-state index contributed by atoms with van der Waals surface area (Å²) in [4.78, 5) is 24.6. The first-order valence-electron chi connectivity index (χ1n) is 9.07. The van der Waals surface area contributed by atoms with Crippen molar-refractivity contribution in [3.05, 3.63) is 29.3 Å². The third kappa shape index (κ3) is 5.48. The maximum Gasteiger partial charge on any atom is 0.338 e. The van der Waals surface area contributed by atoms with E-state index >= 15 is 0 Å². The van der Waals surface area contributed by atoms with Gasteiger partial charge in [0, 0.05) is 18.2 Å². The molecule has 0 radical (unpaired) electrons. The number of benzene rings is 1. The summed E-state index contributed by atoms with van der Waals surface area (Å²) in [5.41, 5.74) is 7.18. The number of amides is 1. The van der Waals surface area contributed by atoms with Crippen molar-refractivity contribution in [3.8, 4) is 0 Å². The Morgan fingerprint density at radius 3 is 2.52 bits per heavy atom. The largest absolute Gasteiger partial charge is 0.456 e. The van der Waals surface area contributed by atoms with Crippen molar-refractivity contribution in [3.63, 3.8) is 0 Å². The van der Waals surface area contributed by atoms with Crippen molar-refractivity contribution in [2.24, 2.45) is 11.8 Å². The first-order valence-corrected chi connectivity index (χ1v) is 9.07. The Labute approximate surface area is 150 Å². The van der Waals surface area contributed by atoms with Crippen LogP contribution in [0.5, 0.6) is 0 Å². The average molecular weight is 346 g/mol. The zero-order valence-electron chi connectivity index (χ0n) is 15.7. The summed E-state index contributed by atoms with van der Waals surface area (Å²) in [5, 5.41) is 2.96. The molecule has 0 aliphatic heterocycles. The molecular weight excluding hydrogens is 316 g/mol. The van der Waals surface area contributed by atoms with Crippen molar-refractivity contribution in [1.82, 2.24) is 5.32 Å². The van der Waals surface area contributed by atoms with Gasteiger partial charge in [0.2, 0.25) is 5.91 Å². The molecule has 3 N–H and O–H groups in total. The Morgan fingerprint density at radius 2 is 1.92 bits per heavy atom. The zero-order valence-corrected chi connectivity index (χ0v) is 15.7. The first-order chi connectivity index (χ1) is 11.7. The Hall–Kier alpha value is -2.04. The van der Waals surface area contributed by atoms with E-state index in [1.165, 1.54) is 12.8 Å². The van der Waals surface area contributed by atoms with Crippen molar-refractivity contribution in [2.45, 2.75) is 65.5 Å². The van der Waals surface area contributed by atoms with Gasteiger partial charge in [-0.05, 0) is 63.3 Å². The number of rotatable bonds is 5. The van der Waals surface area contributed by atoms with Crippen LogP contribution in [0.15, 0.2) is 18.2 Å². The predicted octanol–water partition coefficient (Wildman–Crippen LogP) is 3.67. The van der Waals surface area contributed by atoms with Crippen LogP contribution in [0.3, 0.4) is 0 Å². The highest BCUT2D eigenvalue weighted by Crippen LogP contribution is 2.31. The lowest BCUT2D eigenvalue weighted by Crippen LogP contribution is -2.32. The van der Waals surface area contributed by atoms with Crippen LogP contribution in [0.4, 0.5) is 5.69 Å². The molecule has 0 bridgehead atoms. The number of hydrogen-bond acceptors (Lipinski definition) is 4. The number of anilines is 1. The molecule has 138 valence electrons. The predicted molar refractivity (Wildman–Crippen MR) is 99.0 cm³/mol. The SMILES string of the molecule is CC(C(=O)NCc1cc(C(=O)OC(C)(C)C)ccc1N)C1CCCC1. The van der Waals surface area contributed by atoms with Crippen molar-refractivity contribution in [2.75, 3.05) is 5.73 Å². The van der Waals surface area contributed by atoms with Crippen LogP contribution in [0.25, 0.3) is 0 Å².